The van der Waals surface area contributed by atoms with Crippen LogP contribution in [0.4, 0.5) is 0 Å². The number of fused-ring (bicyclic) bond motifs is 1. The standard InChI is InChI=1S/C15H19NO/c1-12(2)16-9-10-17-15-8-7-13-5-3-4-6-14(13)11-15/h3-8,11-12,16H,9-10H2,1-2H3. The van der Waals surface area contributed by atoms with Crippen molar-refractivity contribution < 1.29 is 4.74 Å². The highest BCUT2D eigenvalue weighted by Gasteiger charge is 1.97. The van der Waals surface area contributed by atoms with Gasteiger partial charge in [-0.1, -0.05) is 44.2 Å². The van der Waals surface area contributed by atoms with Crippen molar-refractivity contribution in [2.24, 2.45) is 0 Å². The van der Waals surface area contributed by atoms with Crippen LogP contribution in [-0.4, -0.2) is 19.2 Å². The maximum atomic E-state index is 5.70. The molecule has 2 heteroatoms. The lowest BCUT2D eigenvalue weighted by Gasteiger charge is -2.10. The normalized spacial score (nSPS) is 11.0. The van der Waals surface area contributed by atoms with Crippen LogP contribution in [-0.2, 0) is 0 Å². The van der Waals surface area contributed by atoms with E-state index in [1.54, 1.807) is 0 Å². The molecule has 0 bridgehead atoms. The minimum atomic E-state index is 0.509. The second-order valence-electron chi connectivity index (χ2n) is 4.47. The van der Waals surface area contributed by atoms with Gasteiger partial charge in [0.05, 0.1) is 0 Å². The number of rotatable bonds is 5. The minimum absolute atomic E-state index is 0.509. The van der Waals surface area contributed by atoms with Gasteiger partial charge in [-0.3, -0.25) is 0 Å². The number of hydrogen-bond donors (Lipinski definition) is 1. The monoisotopic (exact) mass is 229 g/mol. The SMILES string of the molecule is CC(C)NCCOc1ccc2ccccc2c1. The lowest BCUT2D eigenvalue weighted by atomic mass is 10.1. The molecule has 0 atom stereocenters. The Morgan fingerprint density at radius 2 is 1.82 bits per heavy atom. The van der Waals surface area contributed by atoms with E-state index in [1.807, 2.05) is 12.1 Å². The average Bonchev–Trinajstić information content (AvgIpc) is 2.34. The van der Waals surface area contributed by atoms with E-state index in [1.165, 1.54) is 10.8 Å². The predicted molar refractivity (Wildman–Crippen MR) is 72.6 cm³/mol. The van der Waals surface area contributed by atoms with E-state index in [4.69, 9.17) is 4.74 Å². The molecule has 2 aromatic carbocycles. The first-order valence-electron chi connectivity index (χ1n) is 6.11. The van der Waals surface area contributed by atoms with Gasteiger partial charge in [0, 0.05) is 12.6 Å². The summed E-state index contributed by atoms with van der Waals surface area (Å²) in [5.74, 6) is 0.939. The average molecular weight is 229 g/mol. The predicted octanol–water partition coefficient (Wildman–Crippen LogP) is 3.22. The summed E-state index contributed by atoms with van der Waals surface area (Å²) in [6.07, 6.45) is 0. The van der Waals surface area contributed by atoms with Crippen LogP contribution >= 0.6 is 0 Å². The second-order valence-corrected chi connectivity index (χ2v) is 4.47. The summed E-state index contributed by atoms with van der Waals surface area (Å²) < 4.78 is 5.70. The third-order valence-corrected chi connectivity index (χ3v) is 2.64. The molecule has 0 spiro atoms. The molecular weight excluding hydrogens is 210 g/mol. The summed E-state index contributed by atoms with van der Waals surface area (Å²) in [5, 5.41) is 5.80. The molecule has 2 rings (SSSR count). The van der Waals surface area contributed by atoms with Crippen molar-refractivity contribution in [2.75, 3.05) is 13.2 Å². The van der Waals surface area contributed by atoms with Gasteiger partial charge in [0.1, 0.15) is 12.4 Å². The van der Waals surface area contributed by atoms with Crippen LogP contribution in [0.25, 0.3) is 10.8 Å². The quantitative estimate of drug-likeness (QED) is 0.795. The molecule has 0 amide bonds. The molecular formula is C15H19NO. The minimum Gasteiger partial charge on any atom is -0.492 e. The van der Waals surface area contributed by atoms with Crippen LogP contribution in [0.2, 0.25) is 0 Å². The van der Waals surface area contributed by atoms with Gasteiger partial charge in [-0.25, -0.2) is 0 Å². The first-order valence-corrected chi connectivity index (χ1v) is 6.11. The number of benzene rings is 2. The van der Waals surface area contributed by atoms with Crippen molar-refractivity contribution in [2.45, 2.75) is 19.9 Å². The first kappa shape index (κ1) is 11.9. The Kier molecular flexibility index (Phi) is 3.99. The van der Waals surface area contributed by atoms with E-state index < -0.39 is 0 Å². The van der Waals surface area contributed by atoms with Crippen molar-refractivity contribution in [3.8, 4) is 5.75 Å². The smallest absolute Gasteiger partial charge is 0.120 e. The van der Waals surface area contributed by atoms with Gasteiger partial charge in [0.2, 0.25) is 0 Å². The van der Waals surface area contributed by atoms with E-state index >= 15 is 0 Å². The van der Waals surface area contributed by atoms with Crippen molar-refractivity contribution in [3.63, 3.8) is 0 Å². The highest BCUT2D eigenvalue weighted by molar-refractivity contribution is 5.83. The molecule has 0 heterocycles. The zero-order chi connectivity index (χ0) is 12.1. The summed E-state index contributed by atoms with van der Waals surface area (Å²) in [7, 11) is 0. The third-order valence-electron chi connectivity index (χ3n) is 2.64. The van der Waals surface area contributed by atoms with Gasteiger partial charge in [0.15, 0.2) is 0 Å². The van der Waals surface area contributed by atoms with Crippen LogP contribution in [0.5, 0.6) is 5.75 Å². The largest absolute Gasteiger partial charge is 0.492 e. The summed E-state index contributed by atoms with van der Waals surface area (Å²) in [6.45, 7) is 5.85. The zero-order valence-electron chi connectivity index (χ0n) is 10.4. The molecule has 2 aromatic rings. The molecule has 0 fully saturated rings. The molecule has 0 unspecified atom stereocenters. The molecule has 2 nitrogen and oxygen atoms in total. The summed E-state index contributed by atoms with van der Waals surface area (Å²) in [4.78, 5) is 0. The number of nitrogens with one attached hydrogen (secondary N) is 1. The maximum Gasteiger partial charge on any atom is 0.120 e. The van der Waals surface area contributed by atoms with Crippen LogP contribution in [0.3, 0.4) is 0 Å². The van der Waals surface area contributed by atoms with Crippen molar-refractivity contribution in [1.82, 2.24) is 5.32 Å². The molecule has 0 aliphatic heterocycles. The Hall–Kier alpha value is -1.54. The second kappa shape index (κ2) is 5.69. The Balaban J connectivity index is 1.95. The molecule has 17 heavy (non-hydrogen) atoms. The Labute approximate surface area is 103 Å². The van der Waals surface area contributed by atoms with Crippen molar-refractivity contribution in [3.05, 3.63) is 42.5 Å². The summed E-state index contributed by atoms with van der Waals surface area (Å²) in [6, 6.07) is 15.0. The number of ether oxygens (including phenoxy) is 1. The van der Waals surface area contributed by atoms with Crippen molar-refractivity contribution >= 4 is 10.8 Å². The Bertz CT molecular complexity index is 479. The van der Waals surface area contributed by atoms with Gasteiger partial charge >= 0.3 is 0 Å². The Morgan fingerprint density at radius 1 is 1.06 bits per heavy atom. The van der Waals surface area contributed by atoms with Crippen LogP contribution in [0.1, 0.15) is 13.8 Å². The highest BCUT2D eigenvalue weighted by Crippen LogP contribution is 2.20. The lowest BCUT2D eigenvalue weighted by molar-refractivity contribution is 0.309. The highest BCUT2D eigenvalue weighted by atomic mass is 16.5. The fourth-order valence-electron chi connectivity index (χ4n) is 1.77. The molecule has 0 aromatic heterocycles. The molecule has 1 N–H and O–H groups in total. The third kappa shape index (κ3) is 3.46. The molecule has 0 saturated carbocycles. The zero-order valence-corrected chi connectivity index (χ0v) is 10.4. The van der Waals surface area contributed by atoms with Gasteiger partial charge < -0.3 is 10.1 Å². The molecule has 0 aliphatic rings. The van der Waals surface area contributed by atoms with Gasteiger partial charge in [-0.15, -0.1) is 0 Å². The lowest BCUT2D eigenvalue weighted by Crippen LogP contribution is -2.27. The van der Waals surface area contributed by atoms with Crippen LogP contribution in [0, 0.1) is 0 Å². The number of hydrogen-bond acceptors (Lipinski definition) is 2. The fourth-order valence-corrected chi connectivity index (χ4v) is 1.77. The topological polar surface area (TPSA) is 21.3 Å². The van der Waals surface area contributed by atoms with Gasteiger partial charge in [-0.05, 0) is 22.9 Å². The molecule has 90 valence electrons. The van der Waals surface area contributed by atoms with E-state index in [0.29, 0.717) is 12.6 Å². The Morgan fingerprint density at radius 3 is 2.59 bits per heavy atom. The van der Waals surface area contributed by atoms with Crippen LogP contribution < -0.4 is 10.1 Å². The van der Waals surface area contributed by atoms with Gasteiger partial charge in [-0.2, -0.15) is 0 Å². The van der Waals surface area contributed by atoms with Crippen LogP contribution in [0.15, 0.2) is 42.5 Å². The summed E-state index contributed by atoms with van der Waals surface area (Å²) >= 11 is 0. The molecule has 0 saturated heterocycles. The maximum absolute atomic E-state index is 5.70. The van der Waals surface area contributed by atoms with E-state index in [9.17, 15) is 0 Å². The van der Waals surface area contributed by atoms with E-state index in [2.05, 4.69) is 49.5 Å². The molecule has 0 radical (unpaired) electrons. The van der Waals surface area contributed by atoms with E-state index in [0.717, 1.165) is 12.3 Å². The molecule has 0 aliphatic carbocycles. The first-order chi connectivity index (χ1) is 8.25. The summed E-state index contributed by atoms with van der Waals surface area (Å²) in [5.41, 5.74) is 0. The van der Waals surface area contributed by atoms with Crippen molar-refractivity contribution in [1.29, 1.82) is 0 Å². The van der Waals surface area contributed by atoms with E-state index in [-0.39, 0.29) is 0 Å². The van der Waals surface area contributed by atoms with Gasteiger partial charge in [0.25, 0.3) is 0 Å². The fraction of sp³-hybridized carbons (Fsp3) is 0.333.